The van der Waals surface area contributed by atoms with Gasteiger partial charge in [0.15, 0.2) is 0 Å². The summed E-state index contributed by atoms with van der Waals surface area (Å²) in [6.45, 7) is 0. The highest BCUT2D eigenvalue weighted by Crippen LogP contribution is 2.35. The zero-order valence-corrected chi connectivity index (χ0v) is 14.0. The van der Waals surface area contributed by atoms with Gasteiger partial charge >= 0.3 is 0 Å². The van der Waals surface area contributed by atoms with Crippen molar-refractivity contribution < 1.29 is 9.50 Å². The molecule has 1 aromatic carbocycles. The third-order valence-corrected chi connectivity index (χ3v) is 6.24. The Labute approximate surface area is 134 Å². The van der Waals surface area contributed by atoms with E-state index in [-0.39, 0.29) is 5.82 Å². The maximum atomic E-state index is 13.8. The first-order chi connectivity index (χ1) is 9.63. The molecule has 1 unspecified atom stereocenters. The second-order valence-electron chi connectivity index (χ2n) is 4.86. The second kappa shape index (κ2) is 6.18. The van der Waals surface area contributed by atoms with Crippen molar-refractivity contribution in [1.82, 2.24) is 0 Å². The summed E-state index contributed by atoms with van der Waals surface area (Å²) in [6, 6.07) is 7.07. The largest absolute Gasteiger partial charge is 0.387 e. The van der Waals surface area contributed by atoms with Crippen LogP contribution >= 0.6 is 39.0 Å². The van der Waals surface area contributed by atoms with Crippen molar-refractivity contribution in [2.75, 3.05) is 5.75 Å². The van der Waals surface area contributed by atoms with Crippen LogP contribution in [0.25, 0.3) is 0 Å². The number of thioether (sulfide) groups is 1. The van der Waals surface area contributed by atoms with E-state index in [1.54, 1.807) is 23.5 Å². The molecule has 0 aliphatic carbocycles. The Morgan fingerprint density at radius 3 is 2.95 bits per heavy atom. The predicted molar refractivity (Wildman–Crippen MR) is 86.9 cm³/mol. The van der Waals surface area contributed by atoms with Gasteiger partial charge in [0.05, 0.1) is 6.10 Å². The zero-order valence-electron chi connectivity index (χ0n) is 10.7. The average molecular weight is 373 g/mol. The van der Waals surface area contributed by atoms with Crippen LogP contribution in [-0.4, -0.2) is 10.9 Å². The van der Waals surface area contributed by atoms with Gasteiger partial charge in [-0.05, 0) is 41.5 Å². The van der Waals surface area contributed by atoms with Crippen LogP contribution in [0, 0.1) is 5.82 Å². The minimum Gasteiger partial charge on any atom is -0.387 e. The maximum Gasteiger partial charge on any atom is 0.127 e. The molecule has 1 N–H and O–H groups in total. The normalized spacial score (nSPS) is 15.9. The van der Waals surface area contributed by atoms with Crippen LogP contribution in [0.4, 0.5) is 4.39 Å². The van der Waals surface area contributed by atoms with Crippen molar-refractivity contribution in [3.63, 3.8) is 0 Å². The minimum absolute atomic E-state index is 0.268. The summed E-state index contributed by atoms with van der Waals surface area (Å²) in [7, 11) is 0. The third kappa shape index (κ3) is 3.11. The topological polar surface area (TPSA) is 20.2 Å². The summed E-state index contributed by atoms with van der Waals surface area (Å²) in [4.78, 5) is 2.34. The van der Waals surface area contributed by atoms with Crippen LogP contribution in [-0.2, 0) is 18.6 Å². The first-order valence-corrected chi connectivity index (χ1v) is 9.21. The number of fused-ring (bicyclic) bond motifs is 1. The molecule has 2 heterocycles. The second-order valence-corrected chi connectivity index (χ2v) is 8.04. The molecule has 0 saturated heterocycles. The third-order valence-electron chi connectivity index (χ3n) is 3.40. The Hall–Kier alpha value is -0.360. The molecular weight excluding hydrogens is 359 g/mol. The molecule has 0 fully saturated rings. The monoisotopic (exact) mass is 372 g/mol. The van der Waals surface area contributed by atoms with Gasteiger partial charge < -0.3 is 5.11 Å². The molecule has 0 saturated carbocycles. The summed E-state index contributed by atoms with van der Waals surface area (Å²) in [6.07, 6.45) is 0.793. The van der Waals surface area contributed by atoms with Gasteiger partial charge in [0.2, 0.25) is 0 Å². The van der Waals surface area contributed by atoms with Crippen molar-refractivity contribution >= 4 is 39.0 Å². The molecule has 1 aromatic heterocycles. The summed E-state index contributed by atoms with van der Waals surface area (Å²) >= 11 is 6.85. The van der Waals surface area contributed by atoms with Gasteiger partial charge in [0.1, 0.15) is 5.82 Å². The van der Waals surface area contributed by atoms with Gasteiger partial charge in [-0.25, -0.2) is 4.39 Å². The Morgan fingerprint density at radius 2 is 2.20 bits per heavy atom. The number of aryl methyl sites for hydroxylation is 1. The number of aliphatic hydroxyl groups is 1. The minimum atomic E-state index is -0.619. The molecule has 0 spiro atoms. The number of rotatable bonds is 3. The van der Waals surface area contributed by atoms with E-state index in [9.17, 15) is 9.50 Å². The summed E-state index contributed by atoms with van der Waals surface area (Å²) < 4.78 is 14.5. The van der Waals surface area contributed by atoms with Crippen LogP contribution in [0.2, 0.25) is 0 Å². The molecule has 20 heavy (non-hydrogen) atoms. The number of aliphatic hydroxyl groups excluding tert-OH is 1. The van der Waals surface area contributed by atoms with Gasteiger partial charge in [-0.15, -0.1) is 11.3 Å². The SMILES string of the molecule is OC(Cc1ccc(Br)cc1F)c1cc2c(s1)CCSC2. The number of hydrogen-bond acceptors (Lipinski definition) is 3. The van der Waals surface area contributed by atoms with Gasteiger partial charge in [-0.2, -0.15) is 11.8 Å². The molecule has 0 radical (unpaired) electrons. The quantitative estimate of drug-likeness (QED) is 0.841. The van der Waals surface area contributed by atoms with E-state index in [1.165, 1.54) is 16.5 Å². The fraction of sp³-hybridized carbons (Fsp3) is 0.333. The van der Waals surface area contributed by atoms with E-state index in [2.05, 4.69) is 22.0 Å². The lowest BCUT2D eigenvalue weighted by Crippen LogP contribution is -2.01. The molecule has 1 nitrogen and oxygen atoms in total. The first-order valence-electron chi connectivity index (χ1n) is 6.44. The molecule has 0 amide bonds. The Bertz CT molecular complexity index is 603. The van der Waals surface area contributed by atoms with Crippen molar-refractivity contribution in [2.24, 2.45) is 0 Å². The summed E-state index contributed by atoms with van der Waals surface area (Å²) in [5.74, 6) is 1.92. The summed E-state index contributed by atoms with van der Waals surface area (Å²) in [5.41, 5.74) is 1.90. The number of benzene rings is 1. The predicted octanol–water partition coefficient (Wildman–Crippen LogP) is 4.72. The van der Waals surface area contributed by atoms with E-state index < -0.39 is 6.10 Å². The molecule has 2 aromatic rings. The van der Waals surface area contributed by atoms with Crippen LogP contribution in [0.15, 0.2) is 28.7 Å². The Morgan fingerprint density at radius 1 is 1.35 bits per heavy atom. The van der Waals surface area contributed by atoms with E-state index in [0.29, 0.717) is 12.0 Å². The van der Waals surface area contributed by atoms with E-state index in [0.717, 1.165) is 27.3 Å². The van der Waals surface area contributed by atoms with Crippen LogP contribution < -0.4 is 0 Å². The smallest absolute Gasteiger partial charge is 0.127 e. The molecule has 1 aliphatic rings. The van der Waals surface area contributed by atoms with Gasteiger partial charge in [0, 0.05) is 26.4 Å². The highest BCUT2D eigenvalue weighted by molar-refractivity contribution is 9.10. The highest BCUT2D eigenvalue weighted by atomic mass is 79.9. The Kier molecular flexibility index (Phi) is 4.50. The molecule has 1 atom stereocenters. The van der Waals surface area contributed by atoms with Crippen molar-refractivity contribution in [3.8, 4) is 0 Å². The lowest BCUT2D eigenvalue weighted by atomic mass is 10.1. The number of thiophene rings is 1. The lowest BCUT2D eigenvalue weighted by Gasteiger charge is -2.09. The standard InChI is InChI=1S/C15H14BrFOS2/c16-11-2-1-9(12(17)7-11)5-13(18)15-6-10-8-19-4-3-14(10)20-15/h1-2,6-7,13,18H,3-5,8H2. The Balaban J connectivity index is 1.78. The van der Waals surface area contributed by atoms with Crippen molar-refractivity contribution in [3.05, 3.63) is 55.4 Å². The molecule has 5 heteroatoms. The average Bonchev–Trinajstić information content (AvgIpc) is 2.86. The number of halogens is 2. The fourth-order valence-electron chi connectivity index (χ4n) is 2.33. The van der Waals surface area contributed by atoms with Gasteiger partial charge in [0.25, 0.3) is 0 Å². The van der Waals surface area contributed by atoms with E-state index in [1.807, 2.05) is 11.8 Å². The van der Waals surface area contributed by atoms with E-state index in [4.69, 9.17) is 0 Å². The fourth-order valence-corrected chi connectivity index (χ4v) is 5.03. The highest BCUT2D eigenvalue weighted by Gasteiger charge is 2.19. The molecule has 3 rings (SSSR count). The van der Waals surface area contributed by atoms with Gasteiger partial charge in [-0.3, -0.25) is 0 Å². The zero-order chi connectivity index (χ0) is 14.1. The molecule has 1 aliphatic heterocycles. The first kappa shape index (κ1) is 14.6. The lowest BCUT2D eigenvalue weighted by molar-refractivity contribution is 0.181. The van der Waals surface area contributed by atoms with E-state index >= 15 is 0 Å². The van der Waals surface area contributed by atoms with Crippen LogP contribution in [0.5, 0.6) is 0 Å². The van der Waals surface area contributed by atoms with Crippen molar-refractivity contribution in [2.45, 2.75) is 24.7 Å². The van der Waals surface area contributed by atoms with Crippen LogP contribution in [0.3, 0.4) is 0 Å². The van der Waals surface area contributed by atoms with Crippen LogP contribution in [0.1, 0.15) is 27.0 Å². The molecule has 106 valence electrons. The molecule has 0 bridgehead atoms. The van der Waals surface area contributed by atoms with Crippen molar-refractivity contribution in [1.29, 1.82) is 0 Å². The number of hydrogen-bond donors (Lipinski definition) is 1. The maximum absolute atomic E-state index is 13.8. The summed E-state index contributed by atoms with van der Waals surface area (Å²) in [5, 5.41) is 10.3. The molecular formula is C15H14BrFOS2. The van der Waals surface area contributed by atoms with Gasteiger partial charge in [-0.1, -0.05) is 22.0 Å².